The zero-order valence-electron chi connectivity index (χ0n) is 8.63. The molecule has 0 aliphatic heterocycles. The molecule has 12 heavy (non-hydrogen) atoms. The molecular weight excluding hydrogens is 148 g/mol. The Labute approximate surface area is 75.9 Å². The normalized spacial score (nSPS) is 11.8. The van der Waals surface area contributed by atoms with Gasteiger partial charge in [-0.25, -0.2) is 0 Å². The zero-order valence-corrected chi connectivity index (χ0v) is 8.63. The third-order valence-electron chi connectivity index (χ3n) is 1.76. The molecule has 0 aromatic heterocycles. The van der Waals surface area contributed by atoms with Gasteiger partial charge in [0, 0.05) is 5.92 Å². The first kappa shape index (κ1) is 11.4. The molecule has 0 atom stereocenters. The molecule has 0 unspecified atom stereocenters. The van der Waals surface area contributed by atoms with E-state index in [2.05, 4.69) is 13.8 Å². The highest BCUT2D eigenvalue weighted by molar-refractivity contribution is 5.91. The minimum absolute atomic E-state index is 0.139. The maximum Gasteiger partial charge on any atom is 0.157 e. The average Bonchev–Trinajstić information content (AvgIpc) is 1.97. The van der Waals surface area contributed by atoms with Crippen LogP contribution in [0, 0.1) is 11.8 Å². The van der Waals surface area contributed by atoms with Gasteiger partial charge >= 0.3 is 0 Å². The van der Waals surface area contributed by atoms with Gasteiger partial charge in [-0.05, 0) is 24.8 Å². The molecule has 0 N–H and O–H groups in total. The predicted molar refractivity (Wildman–Crippen MR) is 53.1 cm³/mol. The molecule has 0 aromatic carbocycles. The van der Waals surface area contributed by atoms with Gasteiger partial charge in [-0.15, -0.1) is 0 Å². The number of carbonyl (C=O) groups excluding carboxylic acids is 1. The summed E-state index contributed by atoms with van der Waals surface area (Å²) in [4.78, 5) is 11.1. The molecule has 0 aliphatic rings. The van der Waals surface area contributed by atoms with E-state index in [1.807, 2.05) is 19.9 Å². The second-order valence-corrected chi connectivity index (χ2v) is 3.93. The molecule has 1 heteroatoms. The van der Waals surface area contributed by atoms with Crippen molar-refractivity contribution in [3.05, 3.63) is 12.2 Å². The van der Waals surface area contributed by atoms with Gasteiger partial charge in [0.2, 0.25) is 0 Å². The van der Waals surface area contributed by atoms with E-state index < -0.39 is 0 Å². The Balaban J connectivity index is 3.55. The van der Waals surface area contributed by atoms with E-state index in [9.17, 15) is 4.79 Å². The fraction of sp³-hybridized carbons (Fsp3) is 0.727. The molecule has 0 radical (unpaired) electrons. The molecular formula is C11H20O. The van der Waals surface area contributed by atoms with E-state index in [-0.39, 0.29) is 11.7 Å². The van der Waals surface area contributed by atoms with Crippen LogP contribution in [-0.2, 0) is 4.79 Å². The number of rotatable bonds is 5. The van der Waals surface area contributed by atoms with Crippen molar-refractivity contribution in [1.29, 1.82) is 0 Å². The van der Waals surface area contributed by atoms with Crippen LogP contribution in [0.15, 0.2) is 12.2 Å². The molecule has 0 amide bonds. The highest BCUT2D eigenvalue weighted by Crippen LogP contribution is 2.04. The van der Waals surface area contributed by atoms with Crippen LogP contribution >= 0.6 is 0 Å². The van der Waals surface area contributed by atoms with E-state index in [4.69, 9.17) is 0 Å². The Morgan fingerprint density at radius 2 is 1.83 bits per heavy atom. The number of carbonyl (C=O) groups is 1. The van der Waals surface area contributed by atoms with Gasteiger partial charge < -0.3 is 0 Å². The van der Waals surface area contributed by atoms with Crippen molar-refractivity contribution >= 4 is 5.78 Å². The number of hydrogen-bond acceptors (Lipinski definition) is 1. The van der Waals surface area contributed by atoms with Crippen molar-refractivity contribution in [2.45, 2.75) is 40.5 Å². The summed E-state index contributed by atoms with van der Waals surface area (Å²) in [5.41, 5.74) is 0. The summed E-state index contributed by atoms with van der Waals surface area (Å²) in [6, 6.07) is 0. The largest absolute Gasteiger partial charge is 0.295 e. The molecule has 0 aliphatic carbocycles. The predicted octanol–water partition coefficient (Wildman–Crippen LogP) is 3.20. The minimum atomic E-state index is 0.139. The summed E-state index contributed by atoms with van der Waals surface area (Å²) >= 11 is 0. The van der Waals surface area contributed by atoms with Crippen molar-refractivity contribution < 1.29 is 4.79 Å². The third kappa shape index (κ3) is 6.14. The molecule has 0 saturated carbocycles. The summed E-state index contributed by atoms with van der Waals surface area (Å²) < 4.78 is 0. The van der Waals surface area contributed by atoms with Crippen LogP contribution in [0.3, 0.4) is 0 Å². The lowest BCUT2D eigenvalue weighted by atomic mass is 10.1. The summed E-state index contributed by atoms with van der Waals surface area (Å²) in [7, 11) is 0. The van der Waals surface area contributed by atoms with Crippen LogP contribution in [0.25, 0.3) is 0 Å². The lowest BCUT2D eigenvalue weighted by molar-refractivity contribution is -0.117. The molecule has 0 spiro atoms. The van der Waals surface area contributed by atoms with Gasteiger partial charge in [-0.3, -0.25) is 4.79 Å². The van der Waals surface area contributed by atoms with Crippen LogP contribution in [-0.4, -0.2) is 5.78 Å². The molecule has 0 fully saturated rings. The van der Waals surface area contributed by atoms with Gasteiger partial charge in [0.15, 0.2) is 5.78 Å². The average molecular weight is 168 g/mol. The fourth-order valence-electron chi connectivity index (χ4n) is 0.821. The first-order chi connectivity index (χ1) is 5.54. The summed E-state index contributed by atoms with van der Waals surface area (Å²) in [5.74, 6) is 1.10. The van der Waals surface area contributed by atoms with Gasteiger partial charge in [-0.1, -0.05) is 33.8 Å². The summed E-state index contributed by atoms with van der Waals surface area (Å²) in [6.45, 7) is 8.24. The number of hydrogen-bond donors (Lipinski definition) is 0. The van der Waals surface area contributed by atoms with E-state index in [1.165, 1.54) is 6.42 Å². The Morgan fingerprint density at radius 1 is 1.25 bits per heavy atom. The zero-order chi connectivity index (χ0) is 9.56. The van der Waals surface area contributed by atoms with Gasteiger partial charge in [-0.2, -0.15) is 0 Å². The van der Waals surface area contributed by atoms with Crippen LogP contribution in [0.4, 0.5) is 0 Å². The Kier molecular flexibility index (Phi) is 5.69. The molecule has 0 bridgehead atoms. The summed E-state index contributed by atoms with van der Waals surface area (Å²) in [5, 5.41) is 0. The smallest absolute Gasteiger partial charge is 0.157 e. The number of ketones is 1. The monoisotopic (exact) mass is 168 g/mol. The van der Waals surface area contributed by atoms with Crippen LogP contribution in [0.2, 0.25) is 0 Å². The van der Waals surface area contributed by atoms with E-state index >= 15 is 0 Å². The summed E-state index contributed by atoms with van der Waals surface area (Å²) in [6.07, 6.45) is 5.90. The number of allylic oxidation sites excluding steroid dienone is 2. The fourth-order valence-corrected chi connectivity index (χ4v) is 0.821. The maximum absolute atomic E-state index is 11.1. The first-order valence-corrected chi connectivity index (χ1v) is 4.74. The second-order valence-electron chi connectivity index (χ2n) is 3.93. The molecule has 0 heterocycles. The van der Waals surface area contributed by atoms with E-state index in [1.54, 1.807) is 6.08 Å². The molecule has 0 rings (SSSR count). The SMILES string of the molecule is CC(C)CC/C=C/C(=O)C(C)C. The maximum atomic E-state index is 11.1. The van der Waals surface area contributed by atoms with Gasteiger partial charge in [0.05, 0.1) is 0 Å². The Morgan fingerprint density at radius 3 is 2.25 bits per heavy atom. The van der Waals surface area contributed by atoms with Crippen molar-refractivity contribution in [3.8, 4) is 0 Å². The molecule has 70 valence electrons. The van der Waals surface area contributed by atoms with Crippen LogP contribution in [0.5, 0.6) is 0 Å². The molecule has 1 nitrogen and oxygen atoms in total. The standard InChI is InChI=1S/C11H20O/c1-9(2)7-5-6-8-11(12)10(3)4/h6,8-10H,5,7H2,1-4H3/b8-6+. The Bertz CT molecular complexity index is 154. The third-order valence-corrected chi connectivity index (χ3v) is 1.76. The minimum Gasteiger partial charge on any atom is -0.295 e. The highest BCUT2D eigenvalue weighted by atomic mass is 16.1. The van der Waals surface area contributed by atoms with Crippen LogP contribution < -0.4 is 0 Å². The Hall–Kier alpha value is -0.590. The van der Waals surface area contributed by atoms with Crippen molar-refractivity contribution in [3.63, 3.8) is 0 Å². The van der Waals surface area contributed by atoms with Gasteiger partial charge in [0.25, 0.3) is 0 Å². The van der Waals surface area contributed by atoms with Crippen molar-refractivity contribution in [2.75, 3.05) is 0 Å². The second kappa shape index (κ2) is 5.99. The topological polar surface area (TPSA) is 17.1 Å². The molecule has 0 aromatic rings. The first-order valence-electron chi connectivity index (χ1n) is 4.74. The van der Waals surface area contributed by atoms with E-state index in [0.29, 0.717) is 0 Å². The lowest BCUT2D eigenvalue weighted by Crippen LogP contribution is -2.01. The lowest BCUT2D eigenvalue weighted by Gasteiger charge is -1.99. The van der Waals surface area contributed by atoms with Crippen molar-refractivity contribution in [2.24, 2.45) is 11.8 Å². The van der Waals surface area contributed by atoms with E-state index in [0.717, 1.165) is 12.3 Å². The highest BCUT2D eigenvalue weighted by Gasteiger charge is 2.00. The van der Waals surface area contributed by atoms with Crippen molar-refractivity contribution in [1.82, 2.24) is 0 Å². The quantitative estimate of drug-likeness (QED) is 0.576. The van der Waals surface area contributed by atoms with Gasteiger partial charge in [0.1, 0.15) is 0 Å². The molecule has 0 saturated heterocycles. The van der Waals surface area contributed by atoms with Crippen LogP contribution in [0.1, 0.15) is 40.5 Å².